The number of nitrogens with one attached hydrogen (secondary N) is 1. The zero-order chi connectivity index (χ0) is 19.6. The maximum absolute atomic E-state index is 13.9. The second-order valence-corrected chi connectivity index (χ2v) is 8.42. The lowest BCUT2D eigenvalue weighted by Crippen LogP contribution is -2.40. The fourth-order valence-corrected chi connectivity index (χ4v) is 4.58. The molecular formula is C18H18ClFN2O4S. The topological polar surface area (TPSA) is 75.7 Å². The Hall–Kier alpha value is -2.00. The maximum atomic E-state index is 13.9. The maximum Gasteiger partial charge on any atom is 0.258 e. The Morgan fingerprint density at radius 3 is 2.59 bits per heavy atom. The molecule has 27 heavy (non-hydrogen) atoms. The Balaban J connectivity index is 1.89. The standard InChI is InChI=1S/C18H18ClFN2O4S/c1-12-2-4-14(21-18(23)15-10-13(19)3-5-16(15)20)11-17(12)27(24,25)22-6-8-26-9-7-22/h2-5,10-11H,6-9H2,1H3,(H,21,23). The van der Waals surface area contributed by atoms with Crippen LogP contribution in [0.4, 0.5) is 10.1 Å². The summed E-state index contributed by atoms with van der Waals surface area (Å²) in [5.74, 6) is -1.43. The van der Waals surface area contributed by atoms with Crippen LogP contribution in [-0.2, 0) is 14.8 Å². The van der Waals surface area contributed by atoms with Gasteiger partial charge in [0.1, 0.15) is 5.82 Å². The van der Waals surface area contributed by atoms with Crippen molar-refractivity contribution in [2.45, 2.75) is 11.8 Å². The molecular weight excluding hydrogens is 395 g/mol. The first kappa shape index (κ1) is 19.8. The summed E-state index contributed by atoms with van der Waals surface area (Å²) in [5, 5.41) is 2.75. The second-order valence-electron chi connectivity index (χ2n) is 6.08. The number of amides is 1. The van der Waals surface area contributed by atoms with E-state index in [4.69, 9.17) is 16.3 Å². The summed E-state index contributed by atoms with van der Waals surface area (Å²) in [6.07, 6.45) is 0. The normalized spacial score (nSPS) is 15.5. The summed E-state index contributed by atoms with van der Waals surface area (Å²) < 4.78 is 46.2. The van der Waals surface area contributed by atoms with E-state index in [1.165, 1.54) is 22.5 Å². The molecule has 1 aliphatic heterocycles. The Bertz CT molecular complexity index is 975. The molecule has 6 nitrogen and oxygen atoms in total. The number of hydrogen-bond donors (Lipinski definition) is 1. The van der Waals surface area contributed by atoms with Gasteiger partial charge < -0.3 is 10.1 Å². The van der Waals surface area contributed by atoms with Crippen LogP contribution < -0.4 is 5.32 Å². The van der Waals surface area contributed by atoms with Crippen molar-refractivity contribution in [3.05, 3.63) is 58.4 Å². The van der Waals surface area contributed by atoms with Gasteiger partial charge >= 0.3 is 0 Å². The minimum atomic E-state index is -3.72. The van der Waals surface area contributed by atoms with E-state index in [1.54, 1.807) is 19.1 Å². The average molecular weight is 413 g/mol. The molecule has 0 unspecified atom stereocenters. The summed E-state index contributed by atoms with van der Waals surface area (Å²) in [6.45, 7) is 2.89. The molecule has 0 radical (unpaired) electrons. The number of carbonyl (C=O) groups is 1. The molecule has 1 heterocycles. The number of carbonyl (C=O) groups excluding carboxylic acids is 1. The molecule has 1 saturated heterocycles. The molecule has 0 aromatic heterocycles. The summed E-state index contributed by atoms with van der Waals surface area (Å²) in [5.41, 5.74) is 0.575. The molecule has 2 aromatic rings. The monoisotopic (exact) mass is 412 g/mol. The smallest absolute Gasteiger partial charge is 0.258 e. The highest BCUT2D eigenvalue weighted by Gasteiger charge is 2.28. The quantitative estimate of drug-likeness (QED) is 0.837. The number of aryl methyl sites for hydroxylation is 1. The second kappa shape index (κ2) is 7.93. The number of anilines is 1. The molecule has 0 spiro atoms. The van der Waals surface area contributed by atoms with Crippen LogP contribution in [0.2, 0.25) is 5.02 Å². The van der Waals surface area contributed by atoms with Gasteiger partial charge in [-0.05, 0) is 42.8 Å². The van der Waals surface area contributed by atoms with Gasteiger partial charge in [-0.25, -0.2) is 12.8 Å². The van der Waals surface area contributed by atoms with Crippen LogP contribution in [0.25, 0.3) is 0 Å². The van der Waals surface area contributed by atoms with Crippen molar-refractivity contribution >= 4 is 33.2 Å². The summed E-state index contributed by atoms with van der Waals surface area (Å²) in [4.78, 5) is 12.4. The van der Waals surface area contributed by atoms with Crippen LogP contribution in [-0.4, -0.2) is 44.9 Å². The van der Waals surface area contributed by atoms with Gasteiger partial charge in [0.05, 0.1) is 23.7 Å². The lowest BCUT2D eigenvalue weighted by Gasteiger charge is -2.26. The highest BCUT2D eigenvalue weighted by atomic mass is 35.5. The van der Waals surface area contributed by atoms with Gasteiger partial charge in [-0.15, -0.1) is 0 Å². The Morgan fingerprint density at radius 2 is 1.89 bits per heavy atom. The molecule has 2 aromatic carbocycles. The molecule has 1 fully saturated rings. The molecule has 3 rings (SSSR count). The first-order valence-electron chi connectivity index (χ1n) is 8.24. The largest absolute Gasteiger partial charge is 0.379 e. The number of nitrogens with zero attached hydrogens (tertiary/aromatic N) is 1. The van der Waals surface area contributed by atoms with Crippen LogP contribution in [0.3, 0.4) is 0 Å². The molecule has 0 aliphatic carbocycles. The third-order valence-electron chi connectivity index (χ3n) is 4.21. The minimum Gasteiger partial charge on any atom is -0.379 e. The summed E-state index contributed by atoms with van der Waals surface area (Å²) >= 11 is 5.81. The number of rotatable bonds is 4. The van der Waals surface area contributed by atoms with E-state index in [-0.39, 0.29) is 34.3 Å². The van der Waals surface area contributed by atoms with Crippen LogP contribution in [0.5, 0.6) is 0 Å². The van der Waals surface area contributed by atoms with Crippen molar-refractivity contribution in [1.82, 2.24) is 4.31 Å². The Kier molecular flexibility index (Phi) is 5.81. The van der Waals surface area contributed by atoms with Crippen molar-refractivity contribution in [3.8, 4) is 0 Å². The number of morpholine rings is 1. The number of halogens is 2. The first-order chi connectivity index (χ1) is 12.8. The van der Waals surface area contributed by atoms with Crippen molar-refractivity contribution in [2.24, 2.45) is 0 Å². The van der Waals surface area contributed by atoms with E-state index in [0.717, 1.165) is 6.07 Å². The number of ether oxygens (including phenoxy) is 1. The SMILES string of the molecule is Cc1ccc(NC(=O)c2cc(Cl)ccc2F)cc1S(=O)(=O)N1CCOCC1. The average Bonchev–Trinajstić information content (AvgIpc) is 2.65. The number of sulfonamides is 1. The fraction of sp³-hybridized carbons (Fsp3) is 0.278. The summed E-state index contributed by atoms with van der Waals surface area (Å²) in [6, 6.07) is 8.19. The van der Waals surface area contributed by atoms with Crippen molar-refractivity contribution in [1.29, 1.82) is 0 Å². The molecule has 1 N–H and O–H groups in total. The van der Waals surface area contributed by atoms with E-state index in [9.17, 15) is 17.6 Å². The molecule has 144 valence electrons. The predicted octanol–water partition coefficient (Wildman–Crippen LogP) is 3.06. The van der Waals surface area contributed by atoms with Crippen molar-refractivity contribution in [3.63, 3.8) is 0 Å². The van der Waals surface area contributed by atoms with Crippen LogP contribution in [0.1, 0.15) is 15.9 Å². The van der Waals surface area contributed by atoms with Crippen molar-refractivity contribution in [2.75, 3.05) is 31.6 Å². The van der Waals surface area contributed by atoms with E-state index in [2.05, 4.69) is 5.32 Å². The molecule has 1 amide bonds. The molecule has 9 heteroatoms. The highest BCUT2D eigenvalue weighted by molar-refractivity contribution is 7.89. The van der Waals surface area contributed by atoms with Gasteiger partial charge in [-0.2, -0.15) is 4.31 Å². The van der Waals surface area contributed by atoms with Crippen LogP contribution in [0.15, 0.2) is 41.3 Å². The molecule has 1 aliphatic rings. The fourth-order valence-electron chi connectivity index (χ4n) is 2.75. The van der Waals surface area contributed by atoms with Gasteiger partial charge in [-0.3, -0.25) is 4.79 Å². The van der Waals surface area contributed by atoms with E-state index >= 15 is 0 Å². The lowest BCUT2D eigenvalue weighted by molar-refractivity contribution is 0.0730. The molecule has 0 saturated carbocycles. The van der Waals surface area contributed by atoms with E-state index in [0.29, 0.717) is 18.8 Å². The Morgan fingerprint density at radius 1 is 1.19 bits per heavy atom. The third-order valence-corrected chi connectivity index (χ3v) is 6.48. The predicted molar refractivity (Wildman–Crippen MR) is 100 cm³/mol. The van der Waals surface area contributed by atoms with E-state index in [1.807, 2.05) is 0 Å². The third kappa shape index (κ3) is 4.30. The van der Waals surface area contributed by atoms with Gasteiger partial charge in [0.25, 0.3) is 5.91 Å². The van der Waals surface area contributed by atoms with Crippen LogP contribution >= 0.6 is 11.6 Å². The number of hydrogen-bond acceptors (Lipinski definition) is 4. The lowest BCUT2D eigenvalue weighted by atomic mass is 10.2. The zero-order valence-corrected chi connectivity index (χ0v) is 16.1. The van der Waals surface area contributed by atoms with Crippen LogP contribution in [0, 0.1) is 12.7 Å². The highest BCUT2D eigenvalue weighted by Crippen LogP contribution is 2.25. The Labute approximate surface area is 161 Å². The van der Waals surface area contributed by atoms with E-state index < -0.39 is 21.7 Å². The summed E-state index contributed by atoms with van der Waals surface area (Å²) in [7, 11) is -3.72. The molecule has 0 bridgehead atoms. The first-order valence-corrected chi connectivity index (χ1v) is 10.1. The van der Waals surface area contributed by atoms with Gasteiger partial charge in [-0.1, -0.05) is 17.7 Å². The van der Waals surface area contributed by atoms with Gasteiger partial charge in [0.2, 0.25) is 10.0 Å². The van der Waals surface area contributed by atoms with Crippen molar-refractivity contribution < 1.29 is 22.3 Å². The minimum absolute atomic E-state index is 0.0915. The zero-order valence-electron chi connectivity index (χ0n) is 14.5. The van der Waals surface area contributed by atoms with Gasteiger partial charge in [0, 0.05) is 23.8 Å². The van der Waals surface area contributed by atoms with Gasteiger partial charge in [0.15, 0.2) is 0 Å². The number of benzene rings is 2. The molecule has 0 atom stereocenters.